The third kappa shape index (κ3) is 4.27. The zero-order valence-corrected chi connectivity index (χ0v) is 19.4. The molecule has 1 aliphatic rings. The highest BCUT2D eigenvalue weighted by molar-refractivity contribution is 6.46. The van der Waals surface area contributed by atoms with Gasteiger partial charge in [0.2, 0.25) is 0 Å². The lowest BCUT2D eigenvalue weighted by Crippen LogP contribution is -2.29. The fraction of sp³-hybridized carbons (Fsp3) is 0.214. The number of carbonyl (C=O) groups is 2. The van der Waals surface area contributed by atoms with Gasteiger partial charge in [0.25, 0.3) is 11.7 Å². The molecule has 174 valence electrons. The smallest absolute Gasteiger partial charge is 0.295 e. The lowest BCUT2D eigenvalue weighted by Gasteiger charge is -2.26. The molecule has 0 spiro atoms. The normalized spacial score (nSPS) is 17.3. The molecule has 1 unspecified atom stereocenters. The van der Waals surface area contributed by atoms with Gasteiger partial charge in [-0.1, -0.05) is 60.2 Å². The number of benzene rings is 3. The summed E-state index contributed by atoms with van der Waals surface area (Å²) in [6, 6.07) is 18.5. The predicted octanol–water partition coefficient (Wildman–Crippen LogP) is 5.03. The van der Waals surface area contributed by atoms with Gasteiger partial charge in [-0.25, -0.2) is 0 Å². The van der Waals surface area contributed by atoms with Gasteiger partial charge in [-0.05, 0) is 49.6 Å². The number of nitrogens with zero attached hydrogens (tertiary/aromatic N) is 1. The number of likely N-dealkylation sites (tertiary alicyclic amines) is 1. The standard InChI is InChI=1S/C28H27NO5/c1-4-34-23-15-20(12-13-22(23)30)25-24(26(31)19-8-6-5-7-9-19)27(32)28(33)29(25)16-21-14-17(2)10-11-18(21)3/h5-15,25,30-31H,4,16H2,1-3H3/b26-24-. The molecule has 2 N–H and O–H groups in total. The average molecular weight is 458 g/mol. The van der Waals surface area contributed by atoms with E-state index in [2.05, 4.69) is 0 Å². The molecule has 6 heteroatoms. The van der Waals surface area contributed by atoms with Crippen molar-refractivity contribution in [3.05, 3.63) is 100 Å². The molecule has 1 fully saturated rings. The number of aryl methyl sites for hydroxylation is 2. The van der Waals surface area contributed by atoms with Crippen LogP contribution in [0, 0.1) is 13.8 Å². The molecule has 3 aromatic rings. The van der Waals surface area contributed by atoms with Crippen LogP contribution in [0.5, 0.6) is 11.5 Å². The Morgan fingerprint density at radius 1 is 1.00 bits per heavy atom. The maximum Gasteiger partial charge on any atom is 0.295 e. The number of aliphatic hydroxyl groups is 1. The van der Waals surface area contributed by atoms with E-state index in [1.54, 1.807) is 43.3 Å². The second-order valence-corrected chi connectivity index (χ2v) is 8.38. The summed E-state index contributed by atoms with van der Waals surface area (Å²) in [6.45, 7) is 6.26. The van der Waals surface area contributed by atoms with Gasteiger partial charge < -0.3 is 19.8 Å². The lowest BCUT2D eigenvalue weighted by atomic mass is 9.94. The Hall–Kier alpha value is -4.06. The summed E-state index contributed by atoms with van der Waals surface area (Å²) in [4.78, 5) is 28.0. The number of ketones is 1. The molecule has 1 atom stereocenters. The van der Waals surface area contributed by atoms with Crippen LogP contribution in [0.15, 0.2) is 72.3 Å². The van der Waals surface area contributed by atoms with E-state index in [0.717, 1.165) is 16.7 Å². The average Bonchev–Trinajstić information content (AvgIpc) is 3.08. The summed E-state index contributed by atoms with van der Waals surface area (Å²) in [7, 11) is 0. The SMILES string of the molecule is CCOc1cc(C2/C(=C(/O)c3ccccc3)C(=O)C(=O)N2Cc2cc(C)ccc2C)ccc1O. The number of rotatable bonds is 6. The quantitative estimate of drug-likeness (QED) is 0.308. The third-order valence-corrected chi connectivity index (χ3v) is 6.03. The Bertz CT molecular complexity index is 1280. The first-order chi connectivity index (χ1) is 16.3. The fourth-order valence-electron chi connectivity index (χ4n) is 4.27. The van der Waals surface area contributed by atoms with E-state index in [0.29, 0.717) is 17.7 Å². The zero-order chi connectivity index (χ0) is 24.4. The summed E-state index contributed by atoms with van der Waals surface area (Å²) >= 11 is 0. The van der Waals surface area contributed by atoms with Crippen molar-refractivity contribution in [2.45, 2.75) is 33.4 Å². The van der Waals surface area contributed by atoms with Crippen molar-refractivity contribution in [2.75, 3.05) is 6.61 Å². The van der Waals surface area contributed by atoms with Gasteiger partial charge in [0.15, 0.2) is 11.5 Å². The van der Waals surface area contributed by atoms with Crippen molar-refractivity contribution in [1.82, 2.24) is 4.90 Å². The number of phenols is 1. The van der Waals surface area contributed by atoms with E-state index in [1.807, 2.05) is 38.1 Å². The number of carbonyl (C=O) groups excluding carboxylic acids is 2. The van der Waals surface area contributed by atoms with Crippen LogP contribution in [-0.4, -0.2) is 33.4 Å². The van der Waals surface area contributed by atoms with Gasteiger partial charge in [-0.2, -0.15) is 0 Å². The largest absolute Gasteiger partial charge is 0.507 e. The van der Waals surface area contributed by atoms with Gasteiger partial charge in [-0.3, -0.25) is 9.59 Å². The molecule has 0 bridgehead atoms. The number of hydrogen-bond donors (Lipinski definition) is 2. The van der Waals surface area contributed by atoms with Crippen LogP contribution < -0.4 is 4.74 Å². The third-order valence-electron chi connectivity index (χ3n) is 6.03. The predicted molar refractivity (Wildman–Crippen MR) is 129 cm³/mol. The van der Waals surface area contributed by atoms with Crippen molar-refractivity contribution < 1.29 is 24.5 Å². The first-order valence-electron chi connectivity index (χ1n) is 11.2. The molecule has 0 saturated carbocycles. The second-order valence-electron chi connectivity index (χ2n) is 8.38. The van der Waals surface area contributed by atoms with Crippen molar-refractivity contribution >= 4 is 17.4 Å². The van der Waals surface area contributed by atoms with Gasteiger partial charge in [0.1, 0.15) is 5.76 Å². The molecule has 1 saturated heterocycles. The molecular weight excluding hydrogens is 430 g/mol. The van der Waals surface area contributed by atoms with Crippen molar-refractivity contribution in [3.63, 3.8) is 0 Å². The van der Waals surface area contributed by atoms with Crippen LogP contribution in [-0.2, 0) is 16.1 Å². The van der Waals surface area contributed by atoms with Crippen LogP contribution >= 0.6 is 0 Å². The van der Waals surface area contributed by atoms with Crippen molar-refractivity contribution in [2.24, 2.45) is 0 Å². The van der Waals surface area contributed by atoms with Crippen LogP contribution in [0.3, 0.4) is 0 Å². The van der Waals surface area contributed by atoms with E-state index >= 15 is 0 Å². The van der Waals surface area contributed by atoms with Crippen LogP contribution in [0.2, 0.25) is 0 Å². The van der Waals surface area contributed by atoms with E-state index in [-0.39, 0.29) is 29.4 Å². The maximum atomic E-state index is 13.3. The highest BCUT2D eigenvalue weighted by atomic mass is 16.5. The molecule has 1 heterocycles. The zero-order valence-electron chi connectivity index (χ0n) is 19.4. The molecule has 6 nitrogen and oxygen atoms in total. The number of aliphatic hydroxyl groups excluding tert-OH is 1. The molecule has 3 aromatic carbocycles. The number of aromatic hydroxyl groups is 1. The van der Waals surface area contributed by atoms with Gasteiger partial charge in [0, 0.05) is 12.1 Å². The number of phenolic OH excluding ortho intramolecular Hbond substituents is 1. The van der Waals surface area contributed by atoms with Crippen LogP contribution in [0.25, 0.3) is 5.76 Å². The molecule has 34 heavy (non-hydrogen) atoms. The first-order valence-corrected chi connectivity index (χ1v) is 11.2. The minimum atomic E-state index is -0.847. The monoisotopic (exact) mass is 457 g/mol. The molecule has 1 amide bonds. The Kier molecular flexibility index (Phi) is 6.41. The highest BCUT2D eigenvalue weighted by Gasteiger charge is 2.46. The number of hydrogen-bond acceptors (Lipinski definition) is 5. The van der Waals surface area contributed by atoms with E-state index in [4.69, 9.17) is 4.74 Å². The molecule has 0 aliphatic carbocycles. The van der Waals surface area contributed by atoms with Gasteiger partial charge >= 0.3 is 0 Å². The Morgan fingerprint density at radius 3 is 2.44 bits per heavy atom. The second kappa shape index (κ2) is 9.43. The number of Topliss-reactive ketones (excluding diaryl/α,β-unsaturated/α-hetero) is 1. The van der Waals surface area contributed by atoms with Gasteiger partial charge in [-0.15, -0.1) is 0 Å². The topological polar surface area (TPSA) is 87.1 Å². The number of ether oxygens (including phenoxy) is 1. The molecule has 1 aliphatic heterocycles. The molecule has 4 rings (SSSR count). The van der Waals surface area contributed by atoms with E-state index in [9.17, 15) is 19.8 Å². The van der Waals surface area contributed by atoms with Crippen molar-refractivity contribution in [3.8, 4) is 11.5 Å². The van der Waals surface area contributed by atoms with E-state index < -0.39 is 17.7 Å². The Labute approximate surface area is 198 Å². The molecule has 0 aromatic heterocycles. The maximum absolute atomic E-state index is 13.3. The fourth-order valence-corrected chi connectivity index (χ4v) is 4.27. The molecular formula is C28H27NO5. The van der Waals surface area contributed by atoms with Crippen LogP contribution in [0.4, 0.5) is 0 Å². The minimum Gasteiger partial charge on any atom is -0.507 e. The Balaban J connectivity index is 1.90. The summed E-state index contributed by atoms with van der Waals surface area (Å²) < 4.78 is 5.54. The minimum absolute atomic E-state index is 0.00893. The van der Waals surface area contributed by atoms with E-state index in [1.165, 1.54) is 11.0 Å². The lowest BCUT2D eigenvalue weighted by molar-refractivity contribution is -0.140. The summed E-state index contributed by atoms with van der Waals surface area (Å²) in [6.07, 6.45) is 0. The molecule has 0 radical (unpaired) electrons. The van der Waals surface area contributed by atoms with Crippen LogP contribution in [0.1, 0.15) is 40.8 Å². The highest BCUT2D eigenvalue weighted by Crippen LogP contribution is 2.42. The van der Waals surface area contributed by atoms with Crippen molar-refractivity contribution in [1.29, 1.82) is 0 Å². The van der Waals surface area contributed by atoms with Gasteiger partial charge in [0.05, 0.1) is 18.2 Å². The summed E-state index contributed by atoms with van der Waals surface area (Å²) in [5, 5.41) is 21.3. The summed E-state index contributed by atoms with van der Waals surface area (Å²) in [5.74, 6) is -1.47. The first kappa shape index (κ1) is 23.1. The Morgan fingerprint density at radius 2 is 1.74 bits per heavy atom. The number of amides is 1. The summed E-state index contributed by atoms with van der Waals surface area (Å²) in [5.41, 5.74) is 3.96.